The smallest absolute Gasteiger partial charge is 0.224 e. The number of hydrogen-bond acceptors (Lipinski definition) is 3. The second kappa shape index (κ2) is 8.80. The number of carbonyl (C=O) groups excluding carboxylic acids is 1. The van der Waals surface area contributed by atoms with Gasteiger partial charge in [-0.25, -0.2) is 0 Å². The fraction of sp³-hybridized carbons (Fsp3) is 0.588. The van der Waals surface area contributed by atoms with Crippen LogP contribution in [0.1, 0.15) is 24.8 Å². The number of benzene rings is 1. The lowest BCUT2D eigenvalue weighted by Gasteiger charge is -2.22. The molecule has 1 aromatic rings. The summed E-state index contributed by atoms with van der Waals surface area (Å²) < 4.78 is 0. The van der Waals surface area contributed by atoms with E-state index < -0.39 is 0 Å². The molecule has 4 heteroatoms. The van der Waals surface area contributed by atoms with Gasteiger partial charge in [0.05, 0.1) is 5.92 Å². The van der Waals surface area contributed by atoms with E-state index >= 15 is 0 Å². The number of nitrogens with one attached hydrogen (secondary N) is 2. The minimum atomic E-state index is 0.167. The van der Waals surface area contributed by atoms with Crippen molar-refractivity contribution in [2.24, 2.45) is 5.92 Å². The number of carbonyl (C=O) groups is 1. The highest BCUT2D eigenvalue weighted by Gasteiger charge is 2.19. The van der Waals surface area contributed by atoms with Crippen molar-refractivity contribution in [3.63, 3.8) is 0 Å². The van der Waals surface area contributed by atoms with Crippen LogP contribution in [0.2, 0.25) is 0 Å². The molecule has 0 spiro atoms. The zero-order chi connectivity index (χ0) is 14.9. The largest absolute Gasteiger partial charge is 0.356 e. The average molecular weight is 289 g/mol. The Morgan fingerprint density at radius 1 is 1.38 bits per heavy atom. The Morgan fingerprint density at radius 2 is 2.19 bits per heavy atom. The first kappa shape index (κ1) is 16.0. The number of nitrogens with zero attached hydrogens (tertiary/aromatic N) is 1. The summed E-state index contributed by atoms with van der Waals surface area (Å²) in [5, 5.41) is 6.35. The van der Waals surface area contributed by atoms with Crippen LogP contribution in [0.5, 0.6) is 0 Å². The van der Waals surface area contributed by atoms with E-state index in [9.17, 15) is 4.79 Å². The molecule has 116 valence electrons. The molecule has 1 aliphatic heterocycles. The number of hydrogen-bond donors (Lipinski definition) is 2. The van der Waals surface area contributed by atoms with Crippen molar-refractivity contribution < 1.29 is 4.79 Å². The number of rotatable bonds is 7. The molecule has 2 N–H and O–H groups in total. The lowest BCUT2D eigenvalue weighted by Crippen LogP contribution is -2.41. The fourth-order valence-corrected chi connectivity index (χ4v) is 2.75. The van der Waals surface area contributed by atoms with Gasteiger partial charge in [-0.3, -0.25) is 4.79 Å². The summed E-state index contributed by atoms with van der Waals surface area (Å²) in [5.74, 6) is 0.383. The molecule has 0 aliphatic carbocycles. The van der Waals surface area contributed by atoms with Gasteiger partial charge in [0.25, 0.3) is 0 Å². The summed E-state index contributed by atoms with van der Waals surface area (Å²) in [6.07, 6.45) is 3.12. The van der Waals surface area contributed by atoms with E-state index in [1.54, 1.807) is 0 Å². The molecule has 1 amide bonds. The molecule has 21 heavy (non-hydrogen) atoms. The fourth-order valence-electron chi connectivity index (χ4n) is 2.75. The predicted molar refractivity (Wildman–Crippen MR) is 86.0 cm³/mol. The zero-order valence-corrected chi connectivity index (χ0v) is 13.0. The van der Waals surface area contributed by atoms with Crippen molar-refractivity contribution in [3.05, 3.63) is 35.9 Å². The Bertz CT molecular complexity index is 415. The van der Waals surface area contributed by atoms with Gasteiger partial charge in [-0.15, -0.1) is 0 Å². The molecule has 0 saturated carbocycles. The molecule has 0 unspecified atom stereocenters. The van der Waals surface area contributed by atoms with Gasteiger partial charge in [-0.1, -0.05) is 30.3 Å². The molecule has 1 saturated heterocycles. The van der Waals surface area contributed by atoms with Crippen molar-refractivity contribution in [3.8, 4) is 0 Å². The molecule has 4 nitrogen and oxygen atoms in total. The summed E-state index contributed by atoms with van der Waals surface area (Å²) in [6, 6.07) is 10.5. The third-order valence-corrected chi connectivity index (χ3v) is 3.98. The molecule has 0 radical (unpaired) electrons. The number of piperidine rings is 1. The van der Waals surface area contributed by atoms with E-state index in [0.717, 1.165) is 52.0 Å². The topological polar surface area (TPSA) is 44.4 Å². The lowest BCUT2D eigenvalue weighted by atomic mass is 9.99. The van der Waals surface area contributed by atoms with Crippen molar-refractivity contribution in [1.29, 1.82) is 0 Å². The van der Waals surface area contributed by atoms with Gasteiger partial charge in [0.2, 0.25) is 5.91 Å². The monoisotopic (exact) mass is 289 g/mol. The van der Waals surface area contributed by atoms with Gasteiger partial charge in [0.1, 0.15) is 0 Å². The SMILES string of the molecule is CN(CCCNC(=O)[C@H]1CCCNC1)Cc1ccccc1. The molecule has 0 aromatic heterocycles. The van der Waals surface area contributed by atoms with Crippen LogP contribution in [-0.2, 0) is 11.3 Å². The summed E-state index contributed by atoms with van der Waals surface area (Å²) in [6.45, 7) is 4.61. The lowest BCUT2D eigenvalue weighted by molar-refractivity contribution is -0.125. The maximum absolute atomic E-state index is 12.0. The maximum atomic E-state index is 12.0. The Morgan fingerprint density at radius 3 is 2.90 bits per heavy atom. The van der Waals surface area contributed by atoms with E-state index in [2.05, 4.69) is 46.8 Å². The van der Waals surface area contributed by atoms with Gasteiger partial charge in [0.15, 0.2) is 0 Å². The van der Waals surface area contributed by atoms with E-state index in [4.69, 9.17) is 0 Å². The van der Waals surface area contributed by atoms with Crippen LogP contribution in [0, 0.1) is 5.92 Å². The first-order valence-electron chi connectivity index (χ1n) is 7.96. The first-order valence-corrected chi connectivity index (χ1v) is 7.96. The Labute approximate surface area is 127 Å². The molecular formula is C17H27N3O. The molecule has 1 aliphatic rings. The van der Waals surface area contributed by atoms with Crippen LogP contribution < -0.4 is 10.6 Å². The Kier molecular flexibility index (Phi) is 6.70. The van der Waals surface area contributed by atoms with Crippen LogP contribution in [-0.4, -0.2) is 44.0 Å². The van der Waals surface area contributed by atoms with Gasteiger partial charge >= 0.3 is 0 Å². The van der Waals surface area contributed by atoms with E-state index in [0.29, 0.717) is 0 Å². The summed E-state index contributed by atoms with van der Waals surface area (Å²) >= 11 is 0. The van der Waals surface area contributed by atoms with Gasteiger partial charge in [0, 0.05) is 19.6 Å². The molecule has 0 bridgehead atoms. The highest BCUT2D eigenvalue weighted by Crippen LogP contribution is 2.09. The van der Waals surface area contributed by atoms with Crippen LogP contribution in [0.3, 0.4) is 0 Å². The maximum Gasteiger partial charge on any atom is 0.224 e. The predicted octanol–water partition coefficient (Wildman–Crippen LogP) is 1.62. The Balaban J connectivity index is 1.57. The van der Waals surface area contributed by atoms with E-state index in [1.807, 2.05) is 6.07 Å². The second-order valence-electron chi connectivity index (χ2n) is 5.91. The van der Waals surface area contributed by atoms with Crippen molar-refractivity contribution >= 4 is 5.91 Å². The van der Waals surface area contributed by atoms with Crippen molar-refractivity contribution in [1.82, 2.24) is 15.5 Å². The standard InChI is InChI=1S/C17H27N3O/c1-20(14-15-7-3-2-4-8-15)12-6-11-19-17(21)16-9-5-10-18-13-16/h2-4,7-8,16,18H,5-6,9-14H2,1H3,(H,19,21)/t16-/m0/s1. The first-order chi connectivity index (χ1) is 10.3. The van der Waals surface area contributed by atoms with Crippen molar-refractivity contribution in [2.75, 3.05) is 33.2 Å². The molecule has 1 atom stereocenters. The minimum absolute atomic E-state index is 0.167. The zero-order valence-electron chi connectivity index (χ0n) is 13.0. The molecule has 1 heterocycles. The third-order valence-electron chi connectivity index (χ3n) is 3.98. The summed E-state index contributed by atoms with van der Waals surface area (Å²) in [5.41, 5.74) is 1.33. The van der Waals surface area contributed by atoms with Crippen LogP contribution in [0.15, 0.2) is 30.3 Å². The minimum Gasteiger partial charge on any atom is -0.356 e. The third kappa shape index (κ3) is 5.86. The van der Waals surface area contributed by atoms with Gasteiger partial charge in [-0.05, 0) is 45.0 Å². The molecule has 1 aromatic carbocycles. The van der Waals surface area contributed by atoms with Crippen molar-refractivity contribution in [2.45, 2.75) is 25.8 Å². The normalized spacial score (nSPS) is 18.7. The van der Waals surface area contributed by atoms with Gasteiger partial charge < -0.3 is 15.5 Å². The summed E-state index contributed by atoms with van der Waals surface area (Å²) in [7, 11) is 2.12. The molecule has 1 fully saturated rings. The quantitative estimate of drug-likeness (QED) is 0.750. The number of amides is 1. The van der Waals surface area contributed by atoms with Crippen LogP contribution in [0.4, 0.5) is 0 Å². The highest BCUT2D eigenvalue weighted by molar-refractivity contribution is 5.78. The van der Waals surface area contributed by atoms with E-state index in [-0.39, 0.29) is 11.8 Å². The average Bonchev–Trinajstić information content (AvgIpc) is 2.53. The highest BCUT2D eigenvalue weighted by atomic mass is 16.1. The van der Waals surface area contributed by atoms with Crippen LogP contribution in [0.25, 0.3) is 0 Å². The second-order valence-corrected chi connectivity index (χ2v) is 5.91. The van der Waals surface area contributed by atoms with E-state index in [1.165, 1.54) is 5.56 Å². The van der Waals surface area contributed by atoms with Crippen LogP contribution >= 0.6 is 0 Å². The summed E-state index contributed by atoms with van der Waals surface area (Å²) in [4.78, 5) is 14.3. The molecule has 2 rings (SSSR count). The molecular weight excluding hydrogens is 262 g/mol. The Hall–Kier alpha value is -1.39. The van der Waals surface area contributed by atoms with Gasteiger partial charge in [-0.2, -0.15) is 0 Å².